The minimum absolute atomic E-state index is 0.105. The lowest BCUT2D eigenvalue weighted by atomic mass is 10.3. The molecule has 0 atom stereocenters. The van der Waals surface area contributed by atoms with Crippen LogP contribution in [0, 0.1) is 6.92 Å². The summed E-state index contributed by atoms with van der Waals surface area (Å²) < 4.78 is 24.9. The van der Waals surface area contributed by atoms with E-state index in [2.05, 4.69) is 0 Å². The van der Waals surface area contributed by atoms with Gasteiger partial charge in [0.1, 0.15) is 4.88 Å². The van der Waals surface area contributed by atoms with Crippen LogP contribution in [0.5, 0.6) is 0 Å². The van der Waals surface area contributed by atoms with Gasteiger partial charge in [0, 0.05) is 0 Å². The van der Waals surface area contributed by atoms with Gasteiger partial charge < -0.3 is 5.11 Å². The second kappa shape index (κ2) is 4.99. The molecular formula is C10H14O4S3. The molecule has 0 unspecified atom stereocenters. The molecule has 4 nitrogen and oxygen atoms in total. The van der Waals surface area contributed by atoms with Crippen molar-refractivity contribution in [1.82, 2.24) is 0 Å². The third-order valence-corrected chi connectivity index (χ3v) is 7.32. The lowest BCUT2D eigenvalue weighted by molar-refractivity contribution is 0.0701. The Bertz CT molecular complexity index is 540. The third-order valence-electron chi connectivity index (χ3n) is 2.35. The van der Waals surface area contributed by atoms with Gasteiger partial charge in [0.15, 0.2) is 9.84 Å². The number of thioether (sulfide) groups is 1. The van der Waals surface area contributed by atoms with E-state index in [0.29, 0.717) is 9.77 Å². The molecule has 1 heterocycles. The van der Waals surface area contributed by atoms with Crippen LogP contribution in [0.25, 0.3) is 0 Å². The number of hydrogen-bond acceptors (Lipinski definition) is 5. The van der Waals surface area contributed by atoms with Crippen molar-refractivity contribution in [1.29, 1.82) is 0 Å². The summed E-state index contributed by atoms with van der Waals surface area (Å²) in [5.41, 5.74) is 0.348. The fourth-order valence-corrected chi connectivity index (χ4v) is 5.44. The maximum Gasteiger partial charge on any atom is 0.346 e. The van der Waals surface area contributed by atoms with Crippen LogP contribution in [-0.2, 0) is 9.84 Å². The lowest BCUT2D eigenvalue weighted by Gasteiger charge is -2.09. The minimum atomic E-state index is -3.44. The average molecular weight is 294 g/mol. The second-order valence-corrected chi connectivity index (χ2v) is 8.31. The van der Waals surface area contributed by atoms with Crippen molar-refractivity contribution < 1.29 is 18.3 Å². The van der Waals surface area contributed by atoms with Crippen LogP contribution >= 0.6 is 23.1 Å². The molecular weight excluding hydrogens is 280 g/mol. The van der Waals surface area contributed by atoms with Gasteiger partial charge in [-0.3, -0.25) is 0 Å². The van der Waals surface area contributed by atoms with Gasteiger partial charge in [-0.05, 0) is 32.6 Å². The predicted octanol–water partition coefficient (Wildman–Crippen LogP) is 2.66. The van der Waals surface area contributed by atoms with Gasteiger partial charge >= 0.3 is 5.97 Å². The van der Waals surface area contributed by atoms with Crippen molar-refractivity contribution in [2.45, 2.75) is 35.1 Å². The molecule has 0 radical (unpaired) electrons. The van der Waals surface area contributed by atoms with Crippen molar-refractivity contribution in [2.24, 2.45) is 0 Å². The molecule has 0 saturated carbocycles. The van der Waals surface area contributed by atoms with E-state index in [1.165, 1.54) is 11.8 Å². The molecule has 0 spiro atoms. The second-order valence-electron chi connectivity index (χ2n) is 3.78. The first-order valence-corrected chi connectivity index (χ1v) is 8.46. The number of carbonyl (C=O) groups is 1. The molecule has 1 aromatic heterocycles. The fraction of sp³-hybridized carbons (Fsp3) is 0.500. The van der Waals surface area contributed by atoms with Crippen LogP contribution in [0.4, 0.5) is 0 Å². The Morgan fingerprint density at radius 2 is 1.94 bits per heavy atom. The molecule has 17 heavy (non-hydrogen) atoms. The number of aromatic carboxylic acids is 1. The fourth-order valence-electron chi connectivity index (χ4n) is 1.38. The van der Waals surface area contributed by atoms with Gasteiger partial charge in [0.05, 0.1) is 14.4 Å². The first kappa shape index (κ1) is 14.5. The van der Waals surface area contributed by atoms with Crippen LogP contribution in [0.2, 0.25) is 0 Å². The summed E-state index contributed by atoms with van der Waals surface area (Å²) in [6, 6.07) is 0. The molecule has 1 aromatic rings. The predicted molar refractivity (Wildman–Crippen MR) is 70.1 cm³/mol. The standard InChI is InChI=1S/C10H14O4S3/c1-5(2)17(13,14)8-6(3)7(9(11)12)16-10(8)15-4/h5H,1-4H3,(H,11,12). The molecule has 0 aromatic carbocycles. The van der Waals surface area contributed by atoms with E-state index in [-0.39, 0.29) is 9.77 Å². The first-order valence-electron chi connectivity index (χ1n) is 4.88. The summed E-state index contributed by atoms with van der Waals surface area (Å²) in [5, 5.41) is 8.46. The molecule has 0 bridgehead atoms. The van der Waals surface area contributed by atoms with E-state index in [1.807, 2.05) is 0 Å². The van der Waals surface area contributed by atoms with E-state index < -0.39 is 21.1 Å². The van der Waals surface area contributed by atoms with Gasteiger partial charge in [-0.15, -0.1) is 23.1 Å². The molecule has 0 saturated heterocycles. The minimum Gasteiger partial charge on any atom is -0.477 e. The maximum atomic E-state index is 12.2. The van der Waals surface area contributed by atoms with Crippen molar-refractivity contribution in [2.75, 3.05) is 6.26 Å². The highest BCUT2D eigenvalue weighted by atomic mass is 32.2. The number of hydrogen-bond donors (Lipinski definition) is 1. The van der Waals surface area contributed by atoms with E-state index in [9.17, 15) is 13.2 Å². The molecule has 96 valence electrons. The van der Waals surface area contributed by atoms with Crippen molar-refractivity contribution in [3.05, 3.63) is 10.4 Å². The zero-order valence-corrected chi connectivity index (χ0v) is 12.4. The summed E-state index contributed by atoms with van der Waals surface area (Å²) in [7, 11) is -3.44. The molecule has 0 aliphatic heterocycles. The monoisotopic (exact) mass is 294 g/mol. The molecule has 0 fully saturated rings. The number of thiophene rings is 1. The van der Waals surface area contributed by atoms with Crippen molar-refractivity contribution in [3.8, 4) is 0 Å². The molecule has 7 heteroatoms. The first-order chi connectivity index (χ1) is 7.73. The Morgan fingerprint density at radius 3 is 2.29 bits per heavy atom. The number of carboxylic acids is 1. The smallest absolute Gasteiger partial charge is 0.346 e. The van der Waals surface area contributed by atoms with E-state index in [1.54, 1.807) is 27.0 Å². The zero-order chi connectivity index (χ0) is 13.4. The van der Waals surface area contributed by atoms with Crippen LogP contribution in [0.1, 0.15) is 29.1 Å². The third kappa shape index (κ3) is 2.51. The SMILES string of the molecule is CSc1sc(C(=O)O)c(C)c1S(=O)(=O)C(C)C. The summed E-state index contributed by atoms with van der Waals surface area (Å²) in [4.78, 5) is 11.3. The molecule has 1 N–H and O–H groups in total. The van der Waals surface area contributed by atoms with E-state index >= 15 is 0 Å². The van der Waals surface area contributed by atoms with Crippen molar-refractivity contribution in [3.63, 3.8) is 0 Å². The van der Waals surface area contributed by atoms with Gasteiger partial charge in [-0.1, -0.05) is 0 Å². The van der Waals surface area contributed by atoms with Gasteiger partial charge in [0.2, 0.25) is 0 Å². The highest BCUT2D eigenvalue weighted by Crippen LogP contribution is 2.39. The largest absolute Gasteiger partial charge is 0.477 e. The number of carboxylic acid groups (broad SMARTS) is 1. The van der Waals surface area contributed by atoms with Crippen molar-refractivity contribution >= 4 is 38.9 Å². The Morgan fingerprint density at radius 1 is 1.41 bits per heavy atom. The Kier molecular flexibility index (Phi) is 4.27. The van der Waals surface area contributed by atoms with Gasteiger partial charge in [-0.2, -0.15) is 0 Å². The Labute approximate surface area is 109 Å². The average Bonchev–Trinajstić information content (AvgIpc) is 2.55. The van der Waals surface area contributed by atoms with Crippen LogP contribution in [-0.4, -0.2) is 31.0 Å². The maximum absolute atomic E-state index is 12.2. The van der Waals surface area contributed by atoms with Crippen LogP contribution in [0.3, 0.4) is 0 Å². The van der Waals surface area contributed by atoms with E-state index in [4.69, 9.17) is 5.11 Å². The summed E-state index contributed by atoms with van der Waals surface area (Å²) in [6.45, 7) is 4.74. The summed E-state index contributed by atoms with van der Waals surface area (Å²) >= 11 is 2.29. The number of sulfone groups is 1. The Balaban J connectivity index is 3.59. The Hall–Kier alpha value is -0.530. The molecule has 0 aliphatic carbocycles. The lowest BCUT2D eigenvalue weighted by Crippen LogP contribution is -2.15. The number of rotatable bonds is 4. The molecule has 0 amide bonds. The molecule has 0 aliphatic rings. The normalized spacial score (nSPS) is 12.1. The topological polar surface area (TPSA) is 71.4 Å². The van der Waals surface area contributed by atoms with Crippen LogP contribution in [0.15, 0.2) is 9.10 Å². The highest BCUT2D eigenvalue weighted by Gasteiger charge is 2.30. The quantitative estimate of drug-likeness (QED) is 0.864. The van der Waals surface area contributed by atoms with E-state index in [0.717, 1.165) is 11.3 Å². The molecule has 1 rings (SSSR count). The summed E-state index contributed by atoms with van der Waals surface area (Å²) in [5.74, 6) is -1.08. The summed E-state index contributed by atoms with van der Waals surface area (Å²) in [6.07, 6.45) is 1.75. The van der Waals surface area contributed by atoms with Gasteiger partial charge in [-0.25, -0.2) is 13.2 Å². The zero-order valence-electron chi connectivity index (χ0n) is 9.97. The van der Waals surface area contributed by atoms with Crippen LogP contribution < -0.4 is 0 Å². The van der Waals surface area contributed by atoms with Gasteiger partial charge in [0.25, 0.3) is 0 Å². The highest BCUT2D eigenvalue weighted by molar-refractivity contribution is 8.01.